The molecule has 1 saturated carbocycles. The SMILES string of the molecule is CC(C)CS(=O)(=O)C1(CO)CC1. The molecule has 1 N–H and O–H groups in total. The van der Waals surface area contributed by atoms with Gasteiger partial charge in [0.05, 0.1) is 17.1 Å². The second kappa shape index (κ2) is 3.00. The Kier molecular flexibility index (Phi) is 2.50. The number of hydrogen-bond donors (Lipinski definition) is 1. The van der Waals surface area contributed by atoms with Crippen LogP contribution in [0.15, 0.2) is 0 Å². The van der Waals surface area contributed by atoms with E-state index >= 15 is 0 Å². The van der Waals surface area contributed by atoms with Crippen molar-refractivity contribution in [2.24, 2.45) is 5.92 Å². The molecule has 0 aromatic carbocycles. The minimum Gasteiger partial charge on any atom is -0.395 e. The molecule has 0 unspecified atom stereocenters. The number of rotatable bonds is 4. The fraction of sp³-hybridized carbons (Fsp3) is 1.00. The van der Waals surface area contributed by atoms with E-state index in [0.29, 0.717) is 12.8 Å². The van der Waals surface area contributed by atoms with E-state index in [0.717, 1.165) is 0 Å². The first-order valence-electron chi connectivity index (χ1n) is 4.27. The first-order valence-corrected chi connectivity index (χ1v) is 5.92. The number of aliphatic hydroxyl groups is 1. The highest BCUT2D eigenvalue weighted by Crippen LogP contribution is 2.43. The van der Waals surface area contributed by atoms with Gasteiger partial charge in [-0.05, 0) is 18.8 Å². The smallest absolute Gasteiger partial charge is 0.158 e. The summed E-state index contributed by atoms with van der Waals surface area (Å²) in [6.45, 7) is 3.55. The summed E-state index contributed by atoms with van der Waals surface area (Å²) in [5, 5.41) is 8.93. The summed E-state index contributed by atoms with van der Waals surface area (Å²) in [4.78, 5) is 0. The predicted molar refractivity (Wildman–Crippen MR) is 47.7 cm³/mol. The van der Waals surface area contributed by atoms with Crippen LogP contribution in [0.4, 0.5) is 0 Å². The number of aliphatic hydroxyl groups excluding tert-OH is 1. The number of hydrogen-bond acceptors (Lipinski definition) is 3. The molecule has 12 heavy (non-hydrogen) atoms. The molecule has 4 heteroatoms. The Balaban J connectivity index is 2.73. The van der Waals surface area contributed by atoms with Crippen molar-refractivity contribution in [3.8, 4) is 0 Å². The van der Waals surface area contributed by atoms with Crippen LogP contribution in [0.5, 0.6) is 0 Å². The van der Waals surface area contributed by atoms with E-state index in [1.807, 2.05) is 13.8 Å². The summed E-state index contributed by atoms with van der Waals surface area (Å²) >= 11 is 0. The van der Waals surface area contributed by atoms with E-state index in [1.54, 1.807) is 0 Å². The van der Waals surface area contributed by atoms with Crippen molar-refractivity contribution in [1.29, 1.82) is 0 Å². The highest BCUT2D eigenvalue weighted by Gasteiger charge is 2.53. The van der Waals surface area contributed by atoms with Crippen molar-refractivity contribution in [3.05, 3.63) is 0 Å². The molecule has 1 aliphatic carbocycles. The van der Waals surface area contributed by atoms with Crippen LogP contribution in [-0.2, 0) is 9.84 Å². The van der Waals surface area contributed by atoms with Gasteiger partial charge in [0.15, 0.2) is 9.84 Å². The van der Waals surface area contributed by atoms with Gasteiger partial charge in [-0.2, -0.15) is 0 Å². The maximum absolute atomic E-state index is 11.6. The van der Waals surface area contributed by atoms with E-state index in [9.17, 15) is 8.42 Å². The molecule has 0 spiro atoms. The van der Waals surface area contributed by atoms with E-state index in [2.05, 4.69) is 0 Å². The zero-order chi connectivity index (χ0) is 9.41. The molecule has 0 aromatic rings. The Labute approximate surface area is 73.7 Å². The summed E-state index contributed by atoms with van der Waals surface area (Å²) in [7, 11) is -3.05. The third-order valence-electron chi connectivity index (χ3n) is 2.31. The average molecular weight is 192 g/mol. The highest BCUT2D eigenvalue weighted by atomic mass is 32.2. The fourth-order valence-electron chi connectivity index (χ4n) is 1.32. The summed E-state index contributed by atoms with van der Waals surface area (Å²) in [6.07, 6.45) is 1.27. The minimum absolute atomic E-state index is 0.152. The van der Waals surface area contributed by atoms with Crippen molar-refractivity contribution >= 4 is 9.84 Å². The van der Waals surface area contributed by atoms with Crippen LogP contribution in [-0.4, -0.2) is 30.6 Å². The van der Waals surface area contributed by atoms with Gasteiger partial charge in [-0.15, -0.1) is 0 Å². The molecular formula is C8H16O3S. The molecule has 72 valence electrons. The highest BCUT2D eigenvalue weighted by molar-refractivity contribution is 7.93. The Morgan fingerprint density at radius 2 is 1.92 bits per heavy atom. The first-order chi connectivity index (χ1) is 5.43. The zero-order valence-corrected chi connectivity index (χ0v) is 8.39. The van der Waals surface area contributed by atoms with Gasteiger partial charge in [0.25, 0.3) is 0 Å². The van der Waals surface area contributed by atoms with Crippen molar-refractivity contribution in [2.75, 3.05) is 12.4 Å². The molecule has 3 nitrogen and oxygen atoms in total. The molecular weight excluding hydrogens is 176 g/mol. The lowest BCUT2D eigenvalue weighted by molar-refractivity contribution is 0.283. The molecule has 0 aromatic heterocycles. The monoisotopic (exact) mass is 192 g/mol. The van der Waals surface area contributed by atoms with Gasteiger partial charge in [-0.3, -0.25) is 0 Å². The van der Waals surface area contributed by atoms with Gasteiger partial charge in [0.1, 0.15) is 0 Å². The minimum atomic E-state index is -3.05. The Morgan fingerprint density at radius 3 is 2.17 bits per heavy atom. The van der Waals surface area contributed by atoms with Crippen LogP contribution >= 0.6 is 0 Å². The summed E-state index contributed by atoms with van der Waals surface area (Å²) in [5.74, 6) is 0.354. The average Bonchev–Trinajstić information content (AvgIpc) is 2.62. The molecule has 1 aliphatic rings. The normalized spacial score (nSPS) is 21.3. The topological polar surface area (TPSA) is 54.4 Å². The Bertz CT molecular complexity index is 249. The molecule has 1 rings (SSSR count). The third-order valence-corrected chi connectivity index (χ3v) is 5.27. The van der Waals surface area contributed by atoms with Crippen LogP contribution < -0.4 is 0 Å². The number of sulfone groups is 1. The van der Waals surface area contributed by atoms with Crippen LogP contribution in [0.1, 0.15) is 26.7 Å². The van der Waals surface area contributed by atoms with Gasteiger partial charge in [-0.25, -0.2) is 8.42 Å². The Hall–Kier alpha value is -0.0900. The van der Waals surface area contributed by atoms with Gasteiger partial charge in [0.2, 0.25) is 0 Å². The molecule has 1 fully saturated rings. The lowest BCUT2D eigenvalue weighted by Gasteiger charge is -2.14. The summed E-state index contributed by atoms with van der Waals surface area (Å²) in [6, 6.07) is 0. The van der Waals surface area contributed by atoms with Crippen molar-refractivity contribution < 1.29 is 13.5 Å². The molecule has 0 saturated heterocycles. The van der Waals surface area contributed by atoms with Gasteiger partial charge in [-0.1, -0.05) is 13.8 Å². The van der Waals surface area contributed by atoms with Crippen LogP contribution in [0.3, 0.4) is 0 Å². The standard InChI is InChI=1S/C8H16O3S/c1-7(2)5-12(10,11)8(6-9)3-4-8/h7,9H,3-6H2,1-2H3. The molecule has 0 amide bonds. The van der Waals surface area contributed by atoms with E-state index in [1.165, 1.54) is 0 Å². The predicted octanol–water partition coefficient (Wildman–Crippen LogP) is 0.582. The van der Waals surface area contributed by atoms with Crippen LogP contribution in [0.25, 0.3) is 0 Å². The fourth-order valence-corrected chi connectivity index (χ4v) is 3.47. The first kappa shape index (κ1) is 9.99. The maximum Gasteiger partial charge on any atom is 0.158 e. The quantitative estimate of drug-likeness (QED) is 0.709. The molecule has 0 heterocycles. The summed E-state index contributed by atoms with van der Waals surface area (Å²) in [5.41, 5.74) is 0. The third kappa shape index (κ3) is 1.64. The van der Waals surface area contributed by atoms with Gasteiger partial charge in [0, 0.05) is 0 Å². The second-order valence-electron chi connectivity index (χ2n) is 4.02. The van der Waals surface area contributed by atoms with Gasteiger partial charge >= 0.3 is 0 Å². The second-order valence-corrected chi connectivity index (χ2v) is 6.45. The van der Waals surface area contributed by atoms with Crippen molar-refractivity contribution in [3.63, 3.8) is 0 Å². The zero-order valence-electron chi connectivity index (χ0n) is 7.58. The molecule has 0 radical (unpaired) electrons. The lowest BCUT2D eigenvalue weighted by Crippen LogP contribution is -2.31. The maximum atomic E-state index is 11.6. The largest absolute Gasteiger partial charge is 0.395 e. The molecule has 0 bridgehead atoms. The van der Waals surface area contributed by atoms with Crippen molar-refractivity contribution in [1.82, 2.24) is 0 Å². The van der Waals surface area contributed by atoms with Crippen LogP contribution in [0.2, 0.25) is 0 Å². The van der Waals surface area contributed by atoms with Crippen molar-refractivity contribution in [2.45, 2.75) is 31.4 Å². The van der Waals surface area contributed by atoms with E-state index in [4.69, 9.17) is 5.11 Å². The Morgan fingerprint density at radius 1 is 1.42 bits per heavy atom. The van der Waals surface area contributed by atoms with E-state index in [-0.39, 0.29) is 18.3 Å². The van der Waals surface area contributed by atoms with Gasteiger partial charge < -0.3 is 5.11 Å². The lowest BCUT2D eigenvalue weighted by atomic mass is 10.3. The molecule has 0 aliphatic heterocycles. The molecule has 0 atom stereocenters. The van der Waals surface area contributed by atoms with Crippen LogP contribution in [0, 0.1) is 5.92 Å². The van der Waals surface area contributed by atoms with E-state index < -0.39 is 14.6 Å². The summed E-state index contributed by atoms with van der Waals surface area (Å²) < 4.78 is 22.4.